The molecular formula is C24H30NO5+. The molecule has 0 aromatic heterocycles. The standard InChI is InChI=1S/C24H29NO5/c1-17-10-15-21(25(17,22(26)27)23(28)30-24(2,3)4)19-11-13-20(14-12-19)29-16-18-8-6-5-7-9-18/h5-9,11-14,17,21H,10,15-16H2,1-4H3/p+1/t17?,21-,25?/m1/s1. The molecule has 6 heteroatoms. The van der Waals surface area contributed by atoms with Gasteiger partial charge in [0, 0.05) is 18.4 Å². The van der Waals surface area contributed by atoms with Crippen LogP contribution >= 0.6 is 0 Å². The van der Waals surface area contributed by atoms with Gasteiger partial charge in [0.25, 0.3) is 0 Å². The van der Waals surface area contributed by atoms with E-state index in [-0.39, 0.29) is 6.04 Å². The zero-order valence-electron chi connectivity index (χ0n) is 18.0. The topological polar surface area (TPSA) is 72.8 Å². The van der Waals surface area contributed by atoms with E-state index in [4.69, 9.17) is 9.47 Å². The Bertz CT molecular complexity index is 888. The molecule has 30 heavy (non-hydrogen) atoms. The first-order chi connectivity index (χ1) is 14.1. The molecule has 1 fully saturated rings. The third-order valence-corrected chi connectivity index (χ3v) is 5.57. The lowest BCUT2D eigenvalue weighted by Crippen LogP contribution is -2.60. The molecule has 0 radical (unpaired) electrons. The molecule has 3 atom stereocenters. The van der Waals surface area contributed by atoms with Crippen LogP contribution in [-0.4, -0.2) is 33.4 Å². The number of hydrogen-bond acceptors (Lipinski definition) is 4. The predicted octanol–water partition coefficient (Wildman–Crippen LogP) is 5.92. The van der Waals surface area contributed by atoms with Crippen LogP contribution in [0.1, 0.15) is 57.7 Å². The lowest BCUT2D eigenvalue weighted by molar-refractivity contribution is -0.827. The van der Waals surface area contributed by atoms with Crippen molar-refractivity contribution in [2.75, 3.05) is 0 Å². The number of carboxylic acid groups (broad SMARTS) is 1. The molecule has 1 aliphatic rings. The van der Waals surface area contributed by atoms with Crippen molar-refractivity contribution < 1.29 is 28.7 Å². The van der Waals surface area contributed by atoms with Gasteiger partial charge in [0.1, 0.15) is 30.0 Å². The van der Waals surface area contributed by atoms with Crippen LogP contribution in [0.5, 0.6) is 5.75 Å². The highest BCUT2D eigenvalue weighted by Gasteiger charge is 2.62. The quantitative estimate of drug-likeness (QED) is 0.631. The van der Waals surface area contributed by atoms with Crippen LogP contribution in [-0.2, 0) is 11.3 Å². The van der Waals surface area contributed by atoms with Crippen molar-refractivity contribution in [3.05, 3.63) is 65.7 Å². The second-order valence-corrected chi connectivity index (χ2v) is 8.83. The Morgan fingerprint density at radius 3 is 2.23 bits per heavy atom. The number of benzene rings is 2. The molecule has 1 heterocycles. The lowest BCUT2D eigenvalue weighted by atomic mass is 10.0. The molecule has 3 rings (SSSR count). The van der Waals surface area contributed by atoms with Gasteiger partial charge in [0.2, 0.25) is 0 Å². The molecule has 2 aromatic rings. The van der Waals surface area contributed by atoms with Gasteiger partial charge in [-0.2, -0.15) is 9.59 Å². The van der Waals surface area contributed by atoms with Gasteiger partial charge < -0.3 is 14.6 Å². The van der Waals surface area contributed by atoms with Crippen molar-refractivity contribution >= 4 is 12.2 Å². The van der Waals surface area contributed by atoms with Crippen molar-refractivity contribution in [1.82, 2.24) is 0 Å². The van der Waals surface area contributed by atoms with Gasteiger partial charge in [-0.25, -0.2) is 0 Å². The second-order valence-electron chi connectivity index (χ2n) is 8.83. The average molecular weight is 413 g/mol. The fraction of sp³-hybridized carbons (Fsp3) is 0.417. The minimum atomic E-state index is -1.18. The Morgan fingerprint density at radius 1 is 1.03 bits per heavy atom. The van der Waals surface area contributed by atoms with Crippen LogP contribution in [0.3, 0.4) is 0 Å². The first-order valence-corrected chi connectivity index (χ1v) is 10.3. The number of carbonyl (C=O) groups is 2. The third kappa shape index (κ3) is 4.33. The number of likely N-dealkylation sites (tertiary alicyclic amines) is 1. The molecular weight excluding hydrogens is 382 g/mol. The zero-order chi connectivity index (χ0) is 21.9. The summed E-state index contributed by atoms with van der Waals surface area (Å²) in [6.07, 6.45) is -0.669. The number of rotatable bonds is 4. The molecule has 1 aliphatic heterocycles. The molecule has 2 aromatic carbocycles. The van der Waals surface area contributed by atoms with Crippen molar-refractivity contribution in [2.24, 2.45) is 0 Å². The fourth-order valence-electron chi connectivity index (χ4n) is 4.09. The fourth-order valence-corrected chi connectivity index (χ4v) is 4.09. The van der Waals surface area contributed by atoms with Crippen LogP contribution in [0.15, 0.2) is 54.6 Å². The SMILES string of the molecule is CC1CC[C@H](c2ccc(OCc3ccccc3)cc2)[N+]1(C(=O)O)C(=O)OC(C)(C)C. The van der Waals surface area contributed by atoms with E-state index in [2.05, 4.69) is 0 Å². The van der Waals surface area contributed by atoms with Gasteiger partial charge >= 0.3 is 12.2 Å². The van der Waals surface area contributed by atoms with Gasteiger partial charge in [-0.15, -0.1) is 4.48 Å². The van der Waals surface area contributed by atoms with E-state index in [1.807, 2.05) is 54.6 Å². The number of nitrogens with zero attached hydrogens (tertiary/aromatic N) is 1. The van der Waals surface area contributed by atoms with Crippen molar-refractivity contribution in [1.29, 1.82) is 0 Å². The summed E-state index contributed by atoms with van der Waals surface area (Å²) in [4.78, 5) is 25.5. The first kappa shape index (κ1) is 21.8. The monoisotopic (exact) mass is 412 g/mol. The van der Waals surface area contributed by atoms with E-state index in [0.29, 0.717) is 25.2 Å². The molecule has 2 unspecified atom stereocenters. The average Bonchev–Trinajstić information content (AvgIpc) is 3.04. The van der Waals surface area contributed by atoms with E-state index in [1.54, 1.807) is 27.7 Å². The highest BCUT2D eigenvalue weighted by Crippen LogP contribution is 2.45. The summed E-state index contributed by atoms with van der Waals surface area (Å²) in [6.45, 7) is 7.50. The Balaban J connectivity index is 1.83. The third-order valence-electron chi connectivity index (χ3n) is 5.57. The minimum Gasteiger partial charge on any atom is -0.489 e. The summed E-state index contributed by atoms with van der Waals surface area (Å²) in [5, 5.41) is 10.1. The Kier molecular flexibility index (Phi) is 6.17. The molecule has 0 spiro atoms. The van der Waals surface area contributed by atoms with Gasteiger partial charge in [-0.05, 0) is 57.5 Å². The van der Waals surface area contributed by atoms with Gasteiger partial charge in [-0.3, -0.25) is 0 Å². The van der Waals surface area contributed by atoms with Crippen molar-refractivity contribution in [3.8, 4) is 5.75 Å². The molecule has 0 saturated carbocycles. The highest BCUT2D eigenvalue weighted by molar-refractivity contribution is 5.76. The number of ether oxygens (including phenoxy) is 2. The van der Waals surface area contributed by atoms with Crippen LogP contribution in [0.4, 0.5) is 9.59 Å². The van der Waals surface area contributed by atoms with Gasteiger partial charge in [-0.1, -0.05) is 30.3 Å². The van der Waals surface area contributed by atoms with Crippen LogP contribution in [0.2, 0.25) is 0 Å². The molecule has 1 saturated heterocycles. The Hall–Kier alpha value is -2.86. The predicted molar refractivity (Wildman–Crippen MR) is 113 cm³/mol. The maximum atomic E-state index is 13.1. The second kappa shape index (κ2) is 8.48. The van der Waals surface area contributed by atoms with Gasteiger partial charge in [0.05, 0.1) is 0 Å². The zero-order valence-corrected chi connectivity index (χ0v) is 18.0. The summed E-state index contributed by atoms with van der Waals surface area (Å²) in [5.74, 6) is 0.694. The summed E-state index contributed by atoms with van der Waals surface area (Å²) >= 11 is 0. The van der Waals surface area contributed by atoms with Crippen LogP contribution in [0.25, 0.3) is 0 Å². The number of imide groups is 1. The molecule has 6 nitrogen and oxygen atoms in total. The molecule has 0 bridgehead atoms. The number of carbonyl (C=O) groups excluding carboxylic acids is 1. The Morgan fingerprint density at radius 2 is 1.67 bits per heavy atom. The lowest BCUT2D eigenvalue weighted by Gasteiger charge is -2.36. The largest absolute Gasteiger partial charge is 0.527 e. The molecule has 1 N–H and O–H groups in total. The van der Waals surface area contributed by atoms with E-state index < -0.39 is 28.3 Å². The van der Waals surface area contributed by atoms with Crippen molar-refractivity contribution in [3.63, 3.8) is 0 Å². The minimum absolute atomic E-state index is 0.378. The Labute approximate surface area is 177 Å². The highest BCUT2D eigenvalue weighted by atomic mass is 16.6. The van der Waals surface area contributed by atoms with E-state index in [0.717, 1.165) is 11.1 Å². The van der Waals surface area contributed by atoms with Crippen molar-refractivity contribution in [2.45, 2.75) is 64.8 Å². The molecule has 160 valence electrons. The maximum absolute atomic E-state index is 13.1. The summed E-state index contributed by atoms with van der Waals surface area (Å²) in [7, 11) is 0. The number of quaternary nitrogens is 1. The van der Waals surface area contributed by atoms with E-state index in [1.165, 1.54) is 0 Å². The number of amides is 2. The summed E-state index contributed by atoms with van der Waals surface area (Å²) in [6, 6.07) is 16.3. The normalized spacial score (nSPS) is 23.7. The van der Waals surface area contributed by atoms with E-state index >= 15 is 0 Å². The van der Waals surface area contributed by atoms with Crippen LogP contribution < -0.4 is 4.74 Å². The summed E-state index contributed by atoms with van der Waals surface area (Å²) < 4.78 is 10.6. The van der Waals surface area contributed by atoms with Gasteiger partial charge in [0.15, 0.2) is 0 Å². The smallest absolute Gasteiger partial charge is 0.489 e. The maximum Gasteiger partial charge on any atom is 0.527 e. The molecule has 0 aliphatic carbocycles. The number of hydrogen-bond donors (Lipinski definition) is 1. The molecule has 2 amide bonds. The van der Waals surface area contributed by atoms with Crippen LogP contribution in [0, 0.1) is 0 Å². The first-order valence-electron chi connectivity index (χ1n) is 10.3. The van der Waals surface area contributed by atoms with E-state index in [9.17, 15) is 14.7 Å². The summed E-state index contributed by atoms with van der Waals surface area (Å²) in [5.41, 5.74) is 1.09.